The van der Waals surface area contributed by atoms with Crippen LogP contribution in [0.2, 0.25) is 0 Å². The van der Waals surface area contributed by atoms with Crippen molar-refractivity contribution < 1.29 is 24.1 Å². The van der Waals surface area contributed by atoms with E-state index in [1.807, 2.05) is 0 Å². The average Bonchev–Trinajstić information content (AvgIpc) is 2.98. The van der Waals surface area contributed by atoms with Gasteiger partial charge in [0.2, 0.25) is 0 Å². The van der Waals surface area contributed by atoms with E-state index in [0.717, 1.165) is 19.3 Å². The zero-order chi connectivity index (χ0) is 12.3. The third kappa shape index (κ3) is 3.31. The van der Waals surface area contributed by atoms with Gasteiger partial charge in [0.05, 0.1) is 18.8 Å². The molecule has 0 aromatic rings. The molecule has 1 heterocycles. The van der Waals surface area contributed by atoms with Gasteiger partial charge in [-0.15, -0.1) is 0 Å². The fourth-order valence-corrected chi connectivity index (χ4v) is 2.20. The molecule has 1 saturated heterocycles. The summed E-state index contributed by atoms with van der Waals surface area (Å²) in [6, 6.07) is -0.0730. The monoisotopic (exact) mass is 245 g/mol. The fraction of sp³-hybridized carbons (Fsp3) is 0.909. The lowest BCUT2D eigenvalue weighted by atomic mass is 10.0. The summed E-state index contributed by atoms with van der Waals surface area (Å²) in [6.45, 7) is 0.210. The smallest absolute Gasteiger partial charge is 0.407 e. The van der Waals surface area contributed by atoms with Gasteiger partial charge in [-0.2, -0.15) is 0 Å². The first-order chi connectivity index (χ1) is 8.24. The molecule has 17 heavy (non-hydrogen) atoms. The molecule has 0 aromatic carbocycles. The molecule has 4 atom stereocenters. The van der Waals surface area contributed by atoms with Gasteiger partial charge in [0.15, 0.2) is 0 Å². The van der Waals surface area contributed by atoms with Crippen LogP contribution in [-0.2, 0) is 14.2 Å². The summed E-state index contributed by atoms with van der Waals surface area (Å²) < 4.78 is 15.2. The van der Waals surface area contributed by atoms with Crippen molar-refractivity contribution >= 4 is 6.09 Å². The van der Waals surface area contributed by atoms with Crippen LogP contribution >= 0.6 is 0 Å². The lowest BCUT2D eigenvalue weighted by molar-refractivity contribution is -0.0441. The molecule has 0 spiro atoms. The predicted octanol–water partition coefficient (Wildman–Crippen LogP) is 0.245. The van der Waals surface area contributed by atoms with Gasteiger partial charge in [0.1, 0.15) is 12.9 Å². The van der Waals surface area contributed by atoms with Crippen molar-refractivity contribution in [3.8, 4) is 0 Å². The van der Waals surface area contributed by atoms with Crippen molar-refractivity contribution in [2.45, 2.75) is 37.5 Å². The van der Waals surface area contributed by atoms with E-state index in [1.165, 1.54) is 0 Å². The Morgan fingerprint density at radius 1 is 1.53 bits per heavy atom. The fourth-order valence-electron chi connectivity index (χ4n) is 2.20. The first kappa shape index (κ1) is 12.6. The highest BCUT2D eigenvalue weighted by molar-refractivity contribution is 5.70. The third-order valence-corrected chi connectivity index (χ3v) is 3.30. The molecule has 1 amide bonds. The minimum Gasteiger partial charge on any atom is -0.442 e. The number of carbonyl (C=O) groups excluding carboxylic acids is 1. The van der Waals surface area contributed by atoms with E-state index in [4.69, 9.17) is 19.3 Å². The lowest BCUT2D eigenvalue weighted by Gasteiger charge is -2.13. The molecule has 0 radical (unpaired) electrons. The number of alkyl carbamates (subject to hydrolysis) is 1. The van der Waals surface area contributed by atoms with Gasteiger partial charge in [0, 0.05) is 7.11 Å². The first-order valence-corrected chi connectivity index (χ1v) is 5.93. The molecule has 2 unspecified atom stereocenters. The minimum atomic E-state index is -0.433. The second kappa shape index (κ2) is 5.66. The molecule has 2 N–H and O–H groups in total. The molecule has 98 valence electrons. The number of hydrogen-bond donors (Lipinski definition) is 2. The lowest BCUT2D eigenvalue weighted by Crippen LogP contribution is -2.33. The molecule has 1 aliphatic carbocycles. The van der Waals surface area contributed by atoms with Gasteiger partial charge < -0.3 is 24.6 Å². The Balaban J connectivity index is 1.64. The Bertz CT molecular complexity index is 273. The molecule has 2 rings (SSSR count). The van der Waals surface area contributed by atoms with Crippen LogP contribution in [0.1, 0.15) is 19.3 Å². The molecule has 0 aromatic heterocycles. The van der Waals surface area contributed by atoms with E-state index in [0.29, 0.717) is 18.8 Å². The van der Waals surface area contributed by atoms with E-state index in [2.05, 4.69) is 5.32 Å². The van der Waals surface area contributed by atoms with Crippen molar-refractivity contribution in [2.75, 3.05) is 20.5 Å². The maximum atomic E-state index is 11.0. The van der Waals surface area contributed by atoms with Crippen molar-refractivity contribution in [2.24, 2.45) is 5.92 Å². The second-order valence-corrected chi connectivity index (χ2v) is 4.56. The summed E-state index contributed by atoms with van der Waals surface area (Å²) in [5, 5.41) is 11.8. The molecular weight excluding hydrogens is 226 g/mol. The van der Waals surface area contributed by atoms with Crippen molar-refractivity contribution in [3.63, 3.8) is 0 Å². The van der Waals surface area contributed by atoms with Gasteiger partial charge >= 0.3 is 6.09 Å². The molecule has 0 bridgehead atoms. The largest absolute Gasteiger partial charge is 0.442 e. The zero-order valence-corrected chi connectivity index (χ0v) is 9.93. The quantitative estimate of drug-likeness (QED) is 0.628. The Morgan fingerprint density at radius 3 is 3.06 bits per heavy atom. The topological polar surface area (TPSA) is 77.0 Å². The minimum absolute atomic E-state index is 0.0730. The Morgan fingerprint density at radius 2 is 2.35 bits per heavy atom. The summed E-state index contributed by atoms with van der Waals surface area (Å²) in [4.78, 5) is 11.0. The third-order valence-electron chi connectivity index (χ3n) is 3.30. The van der Waals surface area contributed by atoms with E-state index in [1.54, 1.807) is 7.11 Å². The summed E-state index contributed by atoms with van der Waals surface area (Å²) in [5.74, 6) is 0.544. The zero-order valence-electron chi connectivity index (χ0n) is 9.93. The number of aliphatic hydroxyl groups excluding tert-OH is 1. The van der Waals surface area contributed by atoms with Gasteiger partial charge in [-0.1, -0.05) is 0 Å². The number of ether oxygens (including phenoxy) is 3. The molecule has 2 fully saturated rings. The van der Waals surface area contributed by atoms with Crippen LogP contribution < -0.4 is 5.32 Å². The van der Waals surface area contributed by atoms with Gasteiger partial charge in [-0.25, -0.2) is 4.79 Å². The predicted molar refractivity (Wildman–Crippen MR) is 58.4 cm³/mol. The number of amides is 1. The highest BCUT2D eigenvalue weighted by Gasteiger charge is 2.40. The Labute approximate surface area is 100 Å². The number of methoxy groups -OCH3 is 1. The van der Waals surface area contributed by atoms with Crippen molar-refractivity contribution in [1.82, 2.24) is 5.32 Å². The SMILES string of the molecule is COCO[C@@H]1CC1CCC1NC(=O)O[C@@H]1CO. The van der Waals surface area contributed by atoms with Crippen LogP contribution in [0.5, 0.6) is 0 Å². The van der Waals surface area contributed by atoms with Gasteiger partial charge in [-0.3, -0.25) is 0 Å². The molecule has 6 heteroatoms. The molecule has 1 aliphatic heterocycles. The average molecular weight is 245 g/mol. The van der Waals surface area contributed by atoms with Crippen LogP contribution in [0.25, 0.3) is 0 Å². The summed E-state index contributed by atoms with van der Waals surface area (Å²) in [6.07, 6.45) is 2.29. The summed E-state index contributed by atoms with van der Waals surface area (Å²) in [7, 11) is 1.61. The van der Waals surface area contributed by atoms with E-state index >= 15 is 0 Å². The maximum Gasteiger partial charge on any atom is 0.407 e. The number of aliphatic hydroxyl groups is 1. The van der Waals surface area contributed by atoms with Gasteiger partial charge in [0.25, 0.3) is 0 Å². The van der Waals surface area contributed by atoms with E-state index in [9.17, 15) is 4.79 Å². The van der Waals surface area contributed by atoms with Crippen LogP contribution in [0.15, 0.2) is 0 Å². The first-order valence-electron chi connectivity index (χ1n) is 5.93. The van der Waals surface area contributed by atoms with E-state index in [-0.39, 0.29) is 12.6 Å². The number of rotatable bonds is 7. The van der Waals surface area contributed by atoms with Crippen LogP contribution in [0, 0.1) is 5.92 Å². The van der Waals surface area contributed by atoms with Gasteiger partial charge in [-0.05, 0) is 25.2 Å². The number of hydrogen-bond acceptors (Lipinski definition) is 5. The summed E-state index contributed by atoms with van der Waals surface area (Å²) >= 11 is 0. The Hall–Kier alpha value is -0.850. The van der Waals surface area contributed by atoms with Crippen molar-refractivity contribution in [3.05, 3.63) is 0 Å². The maximum absolute atomic E-state index is 11.0. The number of cyclic esters (lactones) is 1. The number of carbonyl (C=O) groups is 1. The van der Waals surface area contributed by atoms with Crippen molar-refractivity contribution in [1.29, 1.82) is 0 Å². The summed E-state index contributed by atoms with van der Waals surface area (Å²) in [5.41, 5.74) is 0. The highest BCUT2D eigenvalue weighted by atomic mass is 16.7. The molecule has 2 aliphatic rings. The normalized spacial score (nSPS) is 35.5. The van der Waals surface area contributed by atoms with Crippen LogP contribution in [0.3, 0.4) is 0 Å². The highest BCUT2D eigenvalue weighted by Crippen LogP contribution is 2.38. The Kier molecular flexibility index (Phi) is 4.20. The second-order valence-electron chi connectivity index (χ2n) is 4.56. The van der Waals surface area contributed by atoms with Crippen LogP contribution in [-0.4, -0.2) is 50.0 Å². The molecule has 1 saturated carbocycles. The van der Waals surface area contributed by atoms with Crippen LogP contribution in [0.4, 0.5) is 4.79 Å². The molecule has 6 nitrogen and oxygen atoms in total. The number of nitrogens with one attached hydrogen (secondary N) is 1. The molecular formula is C11H19NO5. The van der Waals surface area contributed by atoms with E-state index < -0.39 is 12.2 Å². The standard InChI is InChI=1S/C11H19NO5/c1-15-6-16-9-4-7(9)2-3-8-10(5-13)17-11(14)12-8/h7-10,13H,2-6H2,1H3,(H,12,14)/t7?,8?,9-,10-/m1/s1.